The molecule has 4 rings (SSSR count). The number of rotatable bonds is 9. The summed E-state index contributed by atoms with van der Waals surface area (Å²) >= 11 is 10.9. The molecule has 0 spiro atoms. The maximum absolute atomic E-state index is 13.3. The topological polar surface area (TPSA) is 75.3 Å². The van der Waals surface area contributed by atoms with Gasteiger partial charge in [0.05, 0.1) is 10.8 Å². The van der Waals surface area contributed by atoms with Crippen molar-refractivity contribution in [2.75, 3.05) is 11.1 Å². The number of halogens is 2. The van der Waals surface area contributed by atoms with Gasteiger partial charge in [-0.1, -0.05) is 76.1 Å². The second-order valence-corrected chi connectivity index (χ2v) is 10.5. The first-order chi connectivity index (χ1) is 18.4. The fourth-order valence-corrected chi connectivity index (χ4v) is 4.79. The van der Waals surface area contributed by atoms with E-state index in [9.17, 15) is 14.4 Å². The zero-order chi connectivity index (χ0) is 26.9. The van der Waals surface area contributed by atoms with Crippen LogP contribution in [0.3, 0.4) is 0 Å². The third kappa shape index (κ3) is 7.68. The Kier molecular flexibility index (Phi) is 9.54. The normalized spacial score (nSPS) is 11.1. The van der Waals surface area contributed by atoms with Gasteiger partial charge in [-0.05, 0) is 66.2 Å². The minimum atomic E-state index is -0.480. The highest BCUT2D eigenvalue weighted by atomic mass is 79.9. The lowest BCUT2D eigenvalue weighted by atomic mass is 10.1. The number of benzene rings is 4. The van der Waals surface area contributed by atoms with Crippen molar-refractivity contribution in [1.82, 2.24) is 5.32 Å². The number of anilines is 1. The molecule has 0 saturated heterocycles. The first kappa shape index (κ1) is 27.4. The highest BCUT2D eigenvalue weighted by molar-refractivity contribution is 9.10. The summed E-state index contributed by atoms with van der Waals surface area (Å²) in [5.74, 6) is -0.764. The number of amides is 2. The van der Waals surface area contributed by atoms with Crippen molar-refractivity contribution in [2.45, 2.75) is 4.90 Å². The lowest BCUT2D eigenvalue weighted by Crippen LogP contribution is -2.30. The van der Waals surface area contributed by atoms with Gasteiger partial charge in [-0.3, -0.25) is 14.4 Å². The molecule has 0 saturated carbocycles. The van der Waals surface area contributed by atoms with Crippen LogP contribution in [0.15, 0.2) is 118 Å². The maximum Gasteiger partial charge on any atom is 0.272 e. The van der Waals surface area contributed by atoms with Gasteiger partial charge in [0, 0.05) is 26.2 Å². The molecule has 4 aromatic rings. The lowest BCUT2D eigenvalue weighted by Gasteiger charge is -2.12. The Labute approximate surface area is 238 Å². The predicted molar refractivity (Wildman–Crippen MR) is 158 cm³/mol. The number of hydrogen-bond donors (Lipinski definition) is 2. The van der Waals surface area contributed by atoms with Crippen molar-refractivity contribution >= 4 is 68.7 Å². The number of ketones is 1. The van der Waals surface area contributed by atoms with Gasteiger partial charge in [-0.2, -0.15) is 0 Å². The van der Waals surface area contributed by atoms with Crippen molar-refractivity contribution in [2.24, 2.45) is 0 Å². The van der Waals surface area contributed by atoms with E-state index >= 15 is 0 Å². The van der Waals surface area contributed by atoms with Crippen LogP contribution in [0, 0.1) is 0 Å². The van der Waals surface area contributed by atoms with E-state index in [2.05, 4.69) is 26.6 Å². The summed E-state index contributed by atoms with van der Waals surface area (Å²) < 4.78 is 0.899. The molecule has 0 unspecified atom stereocenters. The number of Topliss-reactive ketones (excluding diaryl/α,β-unsaturated/α-hetero) is 1. The molecule has 0 radical (unpaired) electrons. The molecule has 5 nitrogen and oxygen atoms in total. The smallest absolute Gasteiger partial charge is 0.272 e. The van der Waals surface area contributed by atoms with Gasteiger partial charge in [0.15, 0.2) is 5.78 Å². The van der Waals surface area contributed by atoms with Gasteiger partial charge in [0.25, 0.3) is 11.8 Å². The van der Waals surface area contributed by atoms with Crippen molar-refractivity contribution in [3.63, 3.8) is 0 Å². The Morgan fingerprint density at radius 1 is 0.842 bits per heavy atom. The first-order valence-electron chi connectivity index (χ1n) is 11.5. The van der Waals surface area contributed by atoms with E-state index in [1.165, 1.54) is 11.8 Å². The van der Waals surface area contributed by atoms with E-state index in [1.54, 1.807) is 72.8 Å². The fraction of sp³-hybridized carbons (Fsp3) is 0.0333. The van der Waals surface area contributed by atoms with Crippen LogP contribution in [0.5, 0.6) is 0 Å². The zero-order valence-electron chi connectivity index (χ0n) is 20.0. The molecular formula is C30H22BrClN2O3S. The number of carbonyl (C=O) groups is 3. The van der Waals surface area contributed by atoms with E-state index < -0.39 is 11.8 Å². The molecule has 0 aliphatic rings. The van der Waals surface area contributed by atoms with Crippen molar-refractivity contribution in [1.29, 1.82) is 0 Å². The van der Waals surface area contributed by atoms with Crippen LogP contribution in [-0.4, -0.2) is 23.4 Å². The van der Waals surface area contributed by atoms with E-state index in [0.717, 1.165) is 14.9 Å². The minimum Gasteiger partial charge on any atom is -0.321 e. The van der Waals surface area contributed by atoms with Crippen molar-refractivity contribution in [3.05, 3.63) is 135 Å². The molecule has 0 bridgehead atoms. The average Bonchev–Trinajstić information content (AvgIpc) is 2.93. The van der Waals surface area contributed by atoms with E-state index in [0.29, 0.717) is 21.8 Å². The maximum atomic E-state index is 13.3. The van der Waals surface area contributed by atoms with Crippen LogP contribution in [0.4, 0.5) is 5.69 Å². The molecule has 2 amide bonds. The summed E-state index contributed by atoms with van der Waals surface area (Å²) in [5.41, 5.74) is 2.27. The Hall–Kier alpha value is -3.65. The van der Waals surface area contributed by atoms with E-state index in [4.69, 9.17) is 11.6 Å². The summed E-state index contributed by atoms with van der Waals surface area (Å²) in [7, 11) is 0. The van der Waals surface area contributed by atoms with Gasteiger partial charge in [-0.15, -0.1) is 11.8 Å². The van der Waals surface area contributed by atoms with Gasteiger partial charge in [0.1, 0.15) is 5.70 Å². The van der Waals surface area contributed by atoms with Crippen LogP contribution < -0.4 is 10.6 Å². The average molecular weight is 606 g/mol. The monoisotopic (exact) mass is 604 g/mol. The van der Waals surface area contributed by atoms with E-state index in [-0.39, 0.29) is 17.2 Å². The Morgan fingerprint density at radius 2 is 1.55 bits per heavy atom. The summed E-state index contributed by atoms with van der Waals surface area (Å²) in [6.45, 7) is 0. The molecule has 0 aliphatic carbocycles. The van der Waals surface area contributed by atoms with Crippen LogP contribution >= 0.6 is 39.3 Å². The summed E-state index contributed by atoms with van der Waals surface area (Å²) in [4.78, 5) is 39.5. The predicted octanol–water partition coefficient (Wildman–Crippen LogP) is 7.49. The SMILES string of the molecule is O=C(Nc1cccc(SCC(=O)c2ccccc2Cl)c1)/C(=C/c1ccc(Br)cc1)NC(=O)c1ccccc1. The minimum absolute atomic E-state index is 0.0848. The van der Waals surface area contributed by atoms with Crippen LogP contribution in [0.2, 0.25) is 5.02 Å². The largest absolute Gasteiger partial charge is 0.321 e. The highest BCUT2D eigenvalue weighted by Crippen LogP contribution is 2.25. The van der Waals surface area contributed by atoms with Crippen LogP contribution in [0.25, 0.3) is 6.08 Å². The summed E-state index contributed by atoms with van der Waals surface area (Å²) in [6.07, 6.45) is 1.61. The Balaban J connectivity index is 1.49. The molecule has 38 heavy (non-hydrogen) atoms. The van der Waals surface area contributed by atoms with Gasteiger partial charge in [0.2, 0.25) is 0 Å². The first-order valence-corrected chi connectivity index (χ1v) is 13.7. The number of nitrogens with one attached hydrogen (secondary N) is 2. The summed E-state index contributed by atoms with van der Waals surface area (Å²) in [5, 5.41) is 6.00. The summed E-state index contributed by atoms with van der Waals surface area (Å²) in [6, 6.07) is 30.2. The highest BCUT2D eigenvalue weighted by Gasteiger charge is 2.16. The molecule has 0 atom stereocenters. The van der Waals surface area contributed by atoms with Crippen LogP contribution in [-0.2, 0) is 4.79 Å². The Morgan fingerprint density at radius 3 is 2.29 bits per heavy atom. The van der Waals surface area contributed by atoms with Crippen molar-refractivity contribution < 1.29 is 14.4 Å². The number of hydrogen-bond acceptors (Lipinski definition) is 4. The number of carbonyl (C=O) groups excluding carboxylic acids is 3. The second-order valence-electron chi connectivity index (χ2n) is 8.10. The molecule has 4 aromatic carbocycles. The second kappa shape index (κ2) is 13.2. The molecule has 8 heteroatoms. The molecule has 190 valence electrons. The Bertz CT molecular complexity index is 1490. The van der Waals surface area contributed by atoms with Gasteiger partial charge in [-0.25, -0.2) is 0 Å². The molecule has 0 aliphatic heterocycles. The number of thioether (sulfide) groups is 1. The fourth-order valence-electron chi connectivity index (χ4n) is 3.44. The van der Waals surface area contributed by atoms with Crippen molar-refractivity contribution in [3.8, 4) is 0 Å². The molecule has 0 fully saturated rings. The van der Waals surface area contributed by atoms with Gasteiger partial charge >= 0.3 is 0 Å². The molecule has 0 aromatic heterocycles. The zero-order valence-corrected chi connectivity index (χ0v) is 23.1. The van der Waals surface area contributed by atoms with E-state index in [1.807, 2.05) is 36.4 Å². The molecule has 0 heterocycles. The third-order valence-electron chi connectivity index (χ3n) is 5.35. The molecule has 2 N–H and O–H groups in total. The molecular weight excluding hydrogens is 584 g/mol. The quantitative estimate of drug-likeness (QED) is 0.118. The van der Waals surface area contributed by atoms with Crippen LogP contribution in [0.1, 0.15) is 26.3 Å². The third-order valence-corrected chi connectivity index (χ3v) is 7.20. The standard InChI is InChI=1S/C30H22BrClN2O3S/c31-22-15-13-20(14-16-22)17-27(34-29(36)21-7-2-1-3-8-21)30(37)33-23-9-6-10-24(18-23)38-19-28(35)25-11-4-5-12-26(25)32/h1-18H,19H2,(H,33,37)(H,34,36)/b27-17-. The lowest BCUT2D eigenvalue weighted by molar-refractivity contribution is -0.113. The van der Waals surface area contributed by atoms with Gasteiger partial charge < -0.3 is 10.6 Å².